The maximum atomic E-state index is 10.6. The number of carboxylic acid groups (broad SMARTS) is 1. The molecule has 3 heteroatoms. The van der Waals surface area contributed by atoms with Crippen molar-refractivity contribution in [2.24, 2.45) is 11.8 Å². The smallest absolute Gasteiger partial charge is 0.306 e. The Kier molecular flexibility index (Phi) is 4.22. The fourth-order valence-corrected chi connectivity index (χ4v) is 1.78. The third-order valence-corrected chi connectivity index (χ3v) is 2.83. The third kappa shape index (κ3) is 3.77. The van der Waals surface area contributed by atoms with Gasteiger partial charge in [0, 0.05) is 0 Å². The summed E-state index contributed by atoms with van der Waals surface area (Å²) in [7, 11) is 0. The molecule has 1 aliphatic heterocycles. The Morgan fingerprint density at radius 3 is 3.00 bits per heavy atom. The Bertz CT molecular complexity index is 164. The van der Waals surface area contributed by atoms with Gasteiger partial charge >= 0.3 is 5.97 Å². The Balaban J connectivity index is 2.13. The lowest BCUT2D eigenvalue weighted by Gasteiger charge is -2.23. The minimum Gasteiger partial charge on any atom is -0.481 e. The van der Waals surface area contributed by atoms with Crippen molar-refractivity contribution >= 4 is 5.97 Å². The Hall–Kier alpha value is -0.570. The van der Waals surface area contributed by atoms with Crippen LogP contribution >= 0.6 is 0 Å². The molecule has 0 aromatic rings. The molecular weight excluding hydrogens is 166 g/mol. The van der Waals surface area contributed by atoms with E-state index < -0.39 is 5.97 Å². The summed E-state index contributed by atoms with van der Waals surface area (Å²) < 4.78 is 0. The van der Waals surface area contributed by atoms with E-state index >= 15 is 0 Å². The van der Waals surface area contributed by atoms with Gasteiger partial charge in [-0.15, -0.1) is 0 Å². The second-order valence-electron chi connectivity index (χ2n) is 4.03. The summed E-state index contributed by atoms with van der Waals surface area (Å²) in [5.41, 5.74) is 0. The van der Waals surface area contributed by atoms with Crippen molar-refractivity contribution in [2.75, 3.05) is 13.1 Å². The van der Waals surface area contributed by atoms with Gasteiger partial charge in [0.2, 0.25) is 0 Å². The summed E-state index contributed by atoms with van der Waals surface area (Å²) in [4.78, 5) is 10.6. The lowest BCUT2D eigenvalue weighted by Crippen LogP contribution is -2.30. The number of hydrogen-bond acceptors (Lipinski definition) is 2. The number of carbonyl (C=O) groups is 1. The molecule has 2 unspecified atom stereocenters. The molecule has 0 aromatic heterocycles. The first-order valence-electron chi connectivity index (χ1n) is 5.13. The number of carboxylic acids is 1. The van der Waals surface area contributed by atoms with Crippen molar-refractivity contribution in [3.05, 3.63) is 0 Å². The summed E-state index contributed by atoms with van der Waals surface area (Å²) in [6, 6.07) is 0. The third-order valence-electron chi connectivity index (χ3n) is 2.83. The fraction of sp³-hybridized carbons (Fsp3) is 0.900. The minimum absolute atomic E-state index is 0.179. The maximum absolute atomic E-state index is 10.6. The number of rotatable bonds is 4. The van der Waals surface area contributed by atoms with Crippen LogP contribution in [0.5, 0.6) is 0 Å². The molecule has 1 saturated heterocycles. The van der Waals surface area contributed by atoms with Gasteiger partial charge in [-0.3, -0.25) is 4.79 Å². The molecule has 1 fully saturated rings. The molecule has 0 spiro atoms. The zero-order valence-corrected chi connectivity index (χ0v) is 8.25. The molecule has 0 saturated carbocycles. The van der Waals surface area contributed by atoms with E-state index in [4.69, 9.17) is 5.11 Å². The van der Waals surface area contributed by atoms with Gasteiger partial charge in [-0.25, -0.2) is 0 Å². The Morgan fingerprint density at radius 2 is 2.46 bits per heavy atom. The molecule has 0 aliphatic carbocycles. The van der Waals surface area contributed by atoms with Gasteiger partial charge in [0.15, 0.2) is 0 Å². The number of hydrogen-bond donors (Lipinski definition) is 2. The quantitative estimate of drug-likeness (QED) is 0.697. The van der Waals surface area contributed by atoms with Gasteiger partial charge in [-0.1, -0.05) is 6.92 Å². The van der Waals surface area contributed by atoms with E-state index in [1.54, 1.807) is 6.92 Å². The Labute approximate surface area is 79.5 Å². The molecule has 0 amide bonds. The summed E-state index contributed by atoms with van der Waals surface area (Å²) in [6.07, 6.45) is 4.38. The zero-order valence-electron chi connectivity index (χ0n) is 8.25. The minimum atomic E-state index is -0.663. The van der Waals surface area contributed by atoms with Crippen LogP contribution in [0, 0.1) is 11.8 Å². The van der Waals surface area contributed by atoms with Crippen LogP contribution < -0.4 is 5.32 Å². The van der Waals surface area contributed by atoms with Gasteiger partial charge in [0.05, 0.1) is 5.92 Å². The van der Waals surface area contributed by atoms with Gasteiger partial charge in [0.25, 0.3) is 0 Å². The first kappa shape index (κ1) is 10.5. The van der Waals surface area contributed by atoms with E-state index in [9.17, 15) is 4.79 Å². The highest BCUT2D eigenvalue weighted by Crippen LogP contribution is 2.18. The Morgan fingerprint density at radius 1 is 1.69 bits per heavy atom. The van der Waals surface area contributed by atoms with Crippen LogP contribution in [0.25, 0.3) is 0 Å². The van der Waals surface area contributed by atoms with Crippen molar-refractivity contribution in [1.82, 2.24) is 5.32 Å². The molecule has 13 heavy (non-hydrogen) atoms. The van der Waals surface area contributed by atoms with Gasteiger partial charge in [-0.2, -0.15) is 0 Å². The van der Waals surface area contributed by atoms with Crippen molar-refractivity contribution in [2.45, 2.75) is 32.6 Å². The van der Waals surface area contributed by atoms with E-state index in [2.05, 4.69) is 5.32 Å². The molecule has 76 valence electrons. The van der Waals surface area contributed by atoms with Gasteiger partial charge in [0.1, 0.15) is 0 Å². The molecule has 1 aliphatic rings. The van der Waals surface area contributed by atoms with Gasteiger partial charge < -0.3 is 10.4 Å². The summed E-state index contributed by atoms with van der Waals surface area (Å²) in [6.45, 7) is 4.00. The molecule has 0 radical (unpaired) electrons. The van der Waals surface area contributed by atoms with E-state index in [0.717, 1.165) is 25.9 Å². The van der Waals surface area contributed by atoms with Crippen LogP contribution in [0.3, 0.4) is 0 Å². The van der Waals surface area contributed by atoms with Crippen LogP contribution in [0.2, 0.25) is 0 Å². The molecule has 0 bridgehead atoms. The monoisotopic (exact) mass is 185 g/mol. The zero-order chi connectivity index (χ0) is 9.68. The second kappa shape index (κ2) is 5.22. The van der Waals surface area contributed by atoms with E-state index in [0.29, 0.717) is 5.92 Å². The van der Waals surface area contributed by atoms with Crippen LogP contribution in [-0.4, -0.2) is 24.2 Å². The van der Waals surface area contributed by atoms with Crippen molar-refractivity contribution in [3.63, 3.8) is 0 Å². The molecule has 1 rings (SSSR count). The van der Waals surface area contributed by atoms with Crippen LogP contribution in [0.15, 0.2) is 0 Å². The predicted molar refractivity (Wildman–Crippen MR) is 51.6 cm³/mol. The van der Waals surface area contributed by atoms with Crippen molar-refractivity contribution < 1.29 is 9.90 Å². The number of aliphatic carboxylic acids is 1. The highest BCUT2D eigenvalue weighted by atomic mass is 16.4. The fourth-order valence-electron chi connectivity index (χ4n) is 1.78. The molecule has 2 atom stereocenters. The molecule has 0 aromatic carbocycles. The number of piperidine rings is 1. The van der Waals surface area contributed by atoms with Crippen molar-refractivity contribution in [3.8, 4) is 0 Å². The van der Waals surface area contributed by atoms with Gasteiger partial charge in [-0.05, 0) is 44.7 Å². The average molecular weight is 185 g/mol. The average Bonchev–Trinajstić information content (AvgIpc) is 2.15. The molecular formula is C10H19NO2. The normalized spacial score (nSPS) is 25.5. The predicted octanol–water partition coefficient (Wildman–Crippen LogP) is 1.49. The number of nitrogens with one attached hydrogen (secondary N) is 1. The van der Waals surface area contributed by atoms with Crippen molar-refractivity contribution in [1.29, 1.82) is 0 Å². The first-order valence-corrected chi connectivity index (χ1v) is 5.13. The lowest BCUT2D eigenvalue weighted by atomic mass is 9.91. The first-order chi connectivity index (χ1) is 6.20. The topological polar surface area (TPSA) is 49.3 Å². The maximum Gasteiger partial charge on any atom is 0.306 e. The highest BCUT2D eigenvalue weighted by molar-refractivity contribution is 5.69. The molecule has 3 nitrogen and oxygen atoms in total. The summed E-state index contributed by atoms with van der Waals surface area (Å²) in [5.74, 6) is -0.138. The summed E-state index contributed by atoms with van der Waals surface area (Å²) >= 11 is 0. The molecule has 1 heterocycles. The standard InChI is InChI=1S/C10H19NO2/c1-8(10(12)13)4-5-9-3-2-6-11-7-9/h8-9,11H,2-7H2,1H3,(H,12,13). The van der Waals surface area contributed by atoms with E-state index in [-0.39, 0.29) is 5.92 Å². The van der Waals surface area contributed by atoms with Crippen LogP contribution in [-0.2, 0) is 4.79 Å². The van der Waals surface area contributed by atoms with E-state index in [1.165, 1.54) is 12.8 Å². The SMILES string of the molecule is CC(CCC1CCCNC1)C(=O)O. The molecule has 2 N–H and O–H groups in total. The van der Waals surface area contributed by atoms with Crippen LogP contribution in [0.1, 0.15) is 32.6 Å². The largest absolute Gasteiger partial charge is 0.481 e. The lowest BCUT2D eigenvalue weighted by molar-refractivity contribution is -0.141. The van der Waals surface area contributed by atoms with E-state index in [1.807, 2.05) is 0 Å². The summed E-state index contributed by atoms with van der Waals surface area (Å²) in [5, 5.41) is 12.0. The van der Waals surface area contributed by atoms with Crippen LogP contribution in [0.4, 0.5) is 0 Å². The highest BCUT2D eigenvalue weighted by Gasteiger charge is 2.16. The second-order valence-corrected chi connectivity index (χ2v) is 4.03.